The fourth-order valence-electron chi connectivity index (χ4n) is 3.00. The van der Waals surface area contributed by atoms with Crippen LogP contribution in [-0.2, 0) is 4.74 Å². The van der Waals surface area contributed by atoms with Crippen molar-refractivity contribution < 1.29 is 9.15 Å². The Morgan fingerprint density at radius 3 is 2.68 bits per heavy atom. The lowest BCUT2D eigenvalue weighted by Gasteiger charge is -2.33. The zero-order valence-corrected chi connectivity index (χ0v) is 14.3. The molecule has 0 bridgehead atoms. The van der Waals surface area contributed by atoms with Crippen LogP contribution in [0, 0.1) is 13.8 Å². The van der Waals surface area contributed by atoms with Gasteiger partial charge < -0.3 is 14.1 Å². The predicted molar refractivity (Wildman–Crippen MR) is 94.4 cm³/mol. The van der Waals surface area contributed by atoms with Crippen LogP contribution in [-0.4, -0.2) is 34.6 Å². The Labute approximate surface area is 146 Å². The Hall–Kier alpha value is -2.73. The van der Waals surface area contributed by atoms with E-state index in [0.717, 1.165) is 35.1 Å². The van der Waals surface area contributed by atoms with Gasteiger partial charge in [-0.3, -0.25) is 4.98 Å². The second-order valence-corrected chi connectivity index (χ2v) is 6.18. The van der Waals surface area contributed by atoms with Gasteiger partial charge in [0.25, 0.3) is 0 Å². The number of furan rings is 1. The van der Waals surface area contributed by atoms with Crippen LogP contribution in [0.2, 0.25) is 0 Å². The molecule has 1 aliphatic rings. The number of morpholine rings is 1. The molecule has 0 saturated carbocycles. The SMILES string of the molecule is Cc1cc(N2CCOC(c3ccc(C)o3)C2)nc(-c2ccncc2)n1. The summed E-state index contributed by atoms with van der Waals surface area (Å²) in [6, 6.07) is 9.81. The van der Waals surface area contributed by atoms with Crippen LogP contribution in [0.25, 0.3) is 11.4 Å². The Morgan fingerprint density at radius 2 is 1.92 bits per heavy atom. The molecule has 6 nitrogen and oxygen atoms in total. The van der Waals surface area contributed by atoms with Gasteiger partial charge in [-0.05, 0) is 38.1 Å². The van der Waals surface area contributed by atoms with Crippen molar-refractivity contribution in [3.63, 3.8) is 0 Å². The Balaban J connectivity index is 1.61. The molecule has 0 radical (unpaired) electrons. The Kier molecular flexibility index (Phi) is 4.19. The van der Waals surface area contributed by atoms with Gasteiger partial charge in [0.05, 0.1) is 13.2 Å². The maximum absolute atomic E-state index is 5.89. The van der Waals surface area contributed by atoms with Crippen LogP contribution < -0.4 is 4.90 Å². The summed E-state index contributed by atoms with van der Waals surface area (Å²) in [5.74, 6) is 3.39. The van der Waals surface area contributed by atoms with Crippen LogP contribution in [0.15, 0.2) is 47.1 Å². The number of hydrogen-bond acceptors (Lipinski definition) is 6. The van der Waals surface area contributed by atoms with E-state index in [9.17, 15) is 0 Å². The summed E-state index contributed by atoms with van der Waals surface area (Å²) in [4.78, 5) is 15.6. The topological polar surface area (TPSA) is 64.3 Å². The van der Waals surface area contributed by atoms with E-state index in [1.54, 1.807) is 12.4 Å². The summed E-state index contributed by atoms with van der Waals surface area (Å²) in [5.41, 5.74) is 1.90. The second kappa shape index (κ2) is 6.64. The molecule has 6 heteroatoms. The molecule has 4 rings (SSSR count). The first-order valence-corrected chi connectivity index (χ1v) is 8.38. The van der Waals surface area contributed by atoms with Crippen molar-refractivity contribution in [3.8, 4) is 11.4 Å². The first-order chi connectivity index (χ1) is 12.2. The number of pyridine rings is 1. The molecule has 1 aliphatic heterocycles. The molecule has 0 N–H and O–H groups in total. The maximum atomic E-state index is 5.89. The van der Waals surface area contributed by atoms with Gasteiger partial charge in [-0.2, -0.15) is 0 Å². The summed E-state index contributed by atoms with van der Waals surface area (Å²) < 4.78 is 11.6. The summed E-state index contributed by atoms with van der Waals surface area (Å²) >= 11 is 0. The zero-order valence-electron chi connectivity index (χ0n) is 14.3. The lowest BCUT2D eigenvalue weighted by atomic mass is 10.2. The van der Waals surface area contributed by atoms with Crippen LogP contribution in [0.1, 0.15) is 23.3 Å². The third kappa shape index (κ3) is 3.39. The van der Waals surface area contributed by atoms with Crippen molar-refractivity contribution in [1.82, 2.24) is 15.0 Å². The van der Waals surface area contributed by atoms with E-state index in [0.29, 0.717) is 19.0 Å². The van der Waals surface area contributed by atoms with Crippen LogP contribution in [0.3, 0.4) is 0 Å². The fourth-order valence-corrected chi connectivity index (χ4v) is 3.00. The number of ether oxygens (including phenoxy) is 1. The standard InChI is InChI=1S/C19H20N4O2/c1-13-11-18(22-19(21-13)15-5-7-20-8-6-15)23-9-10-24-17(12-23)16-4-3-14(2)25-16/h3-8,11,17H,9-10,12H2,1-2H3. The number of aromatic nitrogens is 3. The molecule has 3 aromatic rings. The summed E-state index contributed by atoms with van der Waals surface area (Å²) in [6.45, 7) is 6.07. The van der Waals surface area contributed by atoms with Crippen molar-refractivity contribution in [2.24, 2.45) is 0 Å². The highest BCUT2D eigenvalue weighted by Gasteiger charge is 2.25. The zero-order chi connectivity index (χ0) is 17.2. The minimum Gasteiger partial charge on any atom is -0.464 e. The van der Waals surface area contributed by atoms with Gasteiger partial charge in [0.15, 0.2) is 5.82 Å². The van der Waals surface area contributed by atoms with Gasteiger partial charge >= 0.3 is 0 Å². The molecule has 0 aromatic carbocycles. The molecule has 1 fully saturated rings. The molecular formula is C19H20N4O2. The molecule has 3 aromatic heterocycles. The molecule has 4 heterocycles. The lowest BCUT2D eigenvalue weighted by Crippen LogP contribution is -2.38. The predicted octanol–water partition coefficient (Wildman–Crippen LogP) is 3.33. The van der Waals surface area contributed by atoms with E-state index in [-0.39, 0.29) is 6.10 Å². The van der Waals surface area contributed by atoms with Gasteiger partial charge in [-0.25, -0.2) is 9.97 Å². The van der Waals surface area contributed by atoms with Crippen LogP contribution >= 0.6 is 0 Å². The van der Waals surface area contributed by atoms with E-state index in [1.165, 1.54) is 0 Å². The van der Waals surface area contributed by atoms with E-state index in [1.807, 2.05) is 44.2 Å². The van der Waals surface area contributed by atoms with Crippen molar-refractivity contribution >= 4 is 5.82 Å². The number of nitrogens with zero attached hydrogens (tertiary/aromatic N) is 4. The third-order valence-corrected chi connectivity index (χ3v) is 4.25. The minimum absolute atomic E-state index is 0.0814. The van der Waals surface area contributed by atoms with Gasteiger partial charge in [-0.15, -0.1) is 0 Å². The highest BCUT2D eigenvalue weighted by atomic mass is 16.5. The largest absolute Gasteiger partial charge is 0.464 e. The minimum atomic E-state index is -0.0814. The normalized spacial score (nSPS) is 17.7. The molecule has 25 heavy (non-hydrogen) atoms. The first kappa shape index (κ1) is 15.8. The van der Waals surface area contributed by atoms with E-state index in [4.69, 9.17) is 14.1 Å². The van der Waals surface area contributed by atoms with Gasteiger partial charge in [0.2, 0.25) is 0 Å². The number of rotatable bonds is 3. The van der Waals surface area contributed by atoms with Crippen molar-refractivity contribution in [3.05, 3.63) is 59.9 Å². The molecule has 1 unspecified atom stereocenters. The first-order valence-electron chi connectivity index (χ1n) is 8.38. The van der Waals surface area contributed by atoms with E-state index in [2.05, 4.69) is 14.9 Å². The summed E-state index contributed by atoms with van der Waals surface area (Å²) in [6.07, 6.45) is 3.43. The highest BCUT2D eigenvalue weighted by molar-refractivity contribution is 5.57. The number of anilines is 1. The monoisotopic (exact) mass is 336 g/mol. The second-order valence-electron chi connectivity index (χ2n) is 6.18. The highest BCUT2D eigenvalue weighted by Crippen LogP contribution is 2.27. The summed E-state index contributed by atoms with van der Waals surface area (Å²) in [5, 5.41) is 0. The van der Waals surface area contributed by atoms with Crippen molar-refractivity contribution in [1.29, 1.82) is 0 Å². The molecule has 0 spiro atoms. The lowest BCUT2D eigenvalue weighted by molar-refractivity contribution is 0.0250. The quantitative estimate of drug-likeness (QED) is 0.731. The molecule has 0 amide bonds. The fraction of sp³-hybridized carbons (Fsp3) is 0.316. The van der Waals surface area contributed by atoms with Gasteiger partial charge in [0.1, 0.15) is 23.4 Å². The maximum Gasteiger partial charge on any atom is 0.161 e. The third-order valence-electron chi connectivity index (χ3n) is 4.25. The number of aryl methyl sites for hydroxylation is 2. The summed E-state index contributed by atoms with van der Waals surface area (Å²) in [7, 11) is 0. The molecular weight excluding hydrogens is 316 g/mol. The average molecular weight is 336 g/mol. The van der Waals surface area contributed by atoms with Crippen molar-refractivity contribution in [2.75, 3.05) is 24.6 Å². The van der Waals surface area contributed by atoms with Gasteiger partial charge in [0, 0.05) is 36.3 Å². The van der Waals surface area contributed by atoms with E-state index < -0.39 is 0 Å². The molecule has 1 saturated heterocycles. The Morgan fingerprint density at radius 1 is 1.08 bits per heavy atom. The van der Waals surface area contributed by atoms with E-state index >= 15 is 0 Å². The van der Waals surface area contributed by atoms with Crippen LogP contribution in [0.4, 0.5) is 5.82 Å². The number of hydrogen-bond donors (Lipinski definition) is 0. The molecule has 128 valence electrons. The molecule has 0 aliphatic carbocycles. The van der Waals surface area contributed by atoms with Gasteiger partial charge in [-0.1, -0.05) is 0 Å². The molecule has 1 atom stereocenters. The van der Waals surface area contributed by atoms with Crippen molar-refractivity contribution in [2.45, 2.75) is 20.0 Å². The Bertz CT molecular complexity index is 863. The smallest absolute Gasteiger partial charge is 0.161 e. The van der Waals surface area contributed by atoms with Crippen LogP contribution in [0.5, 0.6) is 0 Å². The average Bonchev–Trinajstić information content (AvgIpc) is 3.08.